The minimum absolute atomic E-state index is 0.00242. The van der Waals surface area contributed by atoms with Crippen LogP contribution in [0.25, 0.3) is 0 Å². The van der Waals surface area contributed by atoms with Crippen LogP contribution in [0.2, 0.25) is 0 Å². The number of nitrogens with one attached hydrogen (secondary N) is 1. The first-order valence-corrected chi connectivity index (χ1v) is 6.98. The molecule has 1 saturated heterocycles. The van der Waals surface area contributed by atoms with Gasteiger partial charge in [0.1, 0.15) is 5.69 Å². The Morgan fingerprint density at radius 2 is 2.14 bits per heavy atom. The molecule has 1 heterocycles. The van der Waals surface area contributed by atoms with Crippen molar-refractivity contribution in [3.8, 4) is 0 Å². The number of rotatable bonds is 4. The molecule has 0 aliphatic carbocycles. The van der Waals surface area contributed by atoms with Crippen LogP contribution in [0.5, 0.6) is 0 Å². The SMILES string of the molecule is CC(=O)NC1CCN(Cc2ccc(N)c([N+](=O)[O-])c2)CC1. The number of piperidine rings is 1. The summed E-state index contributed by atoms with van der Waals surface area (Å²) in [6, 6.07) is 5.18. The fourth-order valence-electron chi connectivity index (χ4n) is 2.63. The van der Waals surface area contributed by atoms with Gasteiger partial charge < -0.3 is 11.1 Å². The highest BCUT2D eigenvalue weighted by Crippen LogP contribution is 2.23. The Balaban J connectivity index is 1.93. The maximum atomic E-state index is 11.0. The summed E-state index contributed by atoms with van der Waals surface area (Å²) in [7, 11) is 0. The Hall–Kier alpha value is -2.15. The lowest BCUT2D eigenvalue weighted by atomic mass is 10.0. The standard InChI is InChI=1S/C14H20N4O3/c1-10(19)16-12-4-6-17(7-5-12)9-11-2-3-13(15)14(8-11)18(20)21/h2-3,8,12H,4-7,9,15H2,1H3,(H,16,19). The van der Waals surface area contributed by atoms with E-state index in [0.717, 1.165) is 31.5 Å². The maximum absolute atomic E-state index is 11.0. The van der Waals surface area contributed by atoms with E-state index in [1.54, 1.807) is 6.07 Å². The van der Waals surface area contributed by atoms with Crippen molar-refractivity contribution in [2.45, 2.75) is 32.4 Å². The van der Waals surface area contributed by atoms with Gasteiger partial charge in [0.25, 0.3) is 5.69 Å². The van der Waals surface area contributed by atoms with Crippen LogP contribution in [0, 0.1) is 10.1 Å². The van der Waals surface area contributed by atoms with Crippen molar-refractivity contribution < 1.29 is 9.72 Å². The lowest BCUT2D eigenvalue weighted by molar-refractivity contribution is -0.384. The predicted molar refractivity (Wildman–Crippen MR) is 79.6 cm³/mol. The van der Waals surface area contributed by atoms with Crippen LogP contribution in [0.4, 0.5) is 11.4 Å². The number of anilines is 1. The number of amides is 1. The molecule has 0 radical (unpaired) electrons. The highest BCUT2D eigenvalue weighted by Gasteiger charge is 2.20. The van der Waals surface area contributed by atoms with E-state index < -0.39 is 4.92 Å². The second-order valence-electron chi connectivity index (χ2n) is 5.40. The number of nitro benzene ring substituents is 1. The summed E-state index contributed by atoms with van der Waals surface area (Å²) in [5.74, 6) is 0.00242. The summed E-state index contributed by atoms with van der Waals surface area (Å²) in [5.41, 5.74) is 6.62. The number of nitro groups is 1. The molecule has 0 atom stereocenters. The average molecular weight is 292 g/mol. The van der Waals surface area contributed by atoms with Crippen molar-refractivity contribution in [1.82, 2.24) is 10.2 Å². The Labute approximate surface area is 123 Å². The van der Waals surface area contributed by atoms with Crippen LogP contribution in [-0.4, -0.2) is 34.9 Å². The third kappa shape index (κ3) is 4.16. The van der Waals surface area contributed by atoms with Gasteiger partial charge in [-0.05, 0) is 24.5 Å². The van der Waals surface area contributed by atoms with Crippen molar-refractivity contribution in [1.29, 1.82) is 0 Å². The van der Waals surface area contributed by atoms with E-state index in [0.29, 0.717) is 6.54 Å². The van der Waals surface area contributed by atoms with Gasteiger partial charge in [0, 0.05) is 38.7 Å². The zero-order valence-electron chi connectivity index (χ0n) is 12.0. The van der Waals surface area contributed by atoms with E-state index in [4.69, 9.17) is 5.73 Å². The summed E-state index contributed by atoms with van der Waals surface area (Å²) >= 11 is 0. The van der Waals surface area contributed by atoms with Gasteiger partial charge in [0.05, 0.1) is 4.92 Å². The first-order chi connectivity index (χ1) is 9.95. The van der Waals surface area contributed by atoms with Crippen LogP contribution in [0.15, 0.2) is 18.2 Å². The first kappa shape index (κ1) is 15.2. The van der Waals surface area contributed by atoms with Crippen molar-refractivity contribution in [2.24, 2.45) is 0 Å². The molecule has 1 fully saturated rings. The summed E-state index contributed by atoms with van der Waals surface area (Å²) in [5, 5.41) is 13.8. The minimum Gasteiger partial charge on any atom is -0.393 e. The van der Waals surface area contributed by atoms with Gasteiger partial charge in [-0.1, -0.05) is 6.07 Å². The molecule has 2 rings (SSSR count). The number of nitrogens with zero attached hydrogens (tertiary/aromatic N) is 2. The molecule has 1 amide bonds. The quantitative estimate of drug-likeness (QED) is 0.494. The van der Waals surface area contributed by atoms with Crippen molar-refractivity contribution >= 4 is 17.3 Å². The topological polar surface area (TPSA) is 102 Å². The minimum atomic E-state index is -0.457. The number of likely N-dealkylation sites (tertiary alicyclic amines) is 1. The number of nitrogen functional groups attached to an aromatic ring is 1. The number of carbonyl (C=O) groups excluding carboxylic acids is 1. The van der Waals surface area contributed by atoms with E-state index in [2.05, 4.69) is 10.2 Å². The fraction of sp³-hybridized carbons (Fsp3) is 0.500. The summed E-state index contributed by atoms with van der Waals surface area (Å²) in [6.07, 6.45) is 1.80. The molecule has 1 aromatic rings. The largest absolute Gasteiger partial charge is 0.393 e. The molecule has 0 bridgehead atoms. The van der Waals surface area contributed by atoms with Gasteiger partial charge in [-0.15, -0.1) is 0 Å². The molecule has 0 spiro atoms. The van der Waals surface area contributed by atoms with E-state index in [1.807, 2.05) is 6.07 Å². The van der Waals surface area contributed by atoms with E-state index >= 15 is 0 Å². The van der Waals surface area contributed by atoms with Gasteiger partial charge in [-0.3, -0.25) is 19.8 Å². The lowest BCUT2D eigenvalue weighted by Crippen LogP contribution is -2.43. The van der Waals surface area contributed by atoms with Crippen molar-refractivity contribution in [2.75, 3.05) is 18.8 Å². The first-order valence-electron chi connectivity index (χ1n) is 6.98. The van der Waals surface area contributed by atoms with Crippen LogP contribution in [0.3, 0.4) is 0 Å². The number of hydrogen-bond acceptors (Lipinski definition) is 5. The van der Waals surface area contributed by atoms with Gasteiger partial charge in [-0.25, -0.2) is 0 Å². The number of carbonyl (C=O) groups is 1. The molecule has 0 aromatic heterocycles. The second kappa shape index (κ2) is 6.53. The molecule has 1 aliphatic heterocycles. The summed E-state index contributed by atoms with van der Waals surface area (Å²) < 4.78 is 0. The zero-order valence-corrected chi connectivity index (χ0v) is 12.0. The molecule has 0 saturated carbocycles. The third-order valence-electron chi connectivity index (χ3n) is 3.69. The van der Waals surface area contributed by atoms with Crippen LogP contribution in [0.1, 0.15) is 25.3 Å². The predicted octanol–water partition coefficient (Wildman–Crippen LogP) is 1.28. The third-order valence-corrected chi connectivity index (χ3v) is 3.69. The highest BCUT2D eigenvalue weighted by molar-refractivity contribution is 5.73. The monoisotopic (exact) mass is 292 g/mol. The van der Waals surface area contributed by atoms with Crippen LogP contribution < -0.4 is 11.1 Å². The molecule has 0 unspecified atom stereocenters. The van der Waals surface area contributed by atoms with Gasteiger partial charge in [0.2, 0.25) is 5.91 Å². The average Bonchev–Trinajstić information content (AvgIpc) is 2.42. The van der Waals surface area contributed by atoms with E-state index in [-0.39, 0.29) is 23.3 Å². The van der Waals surface area contributed by atoms with Crippen molar-refractivity contribution in [3.63, 3.8) is 0 Å². The van der Waals surface area contributed by atoms with Crippen LogP contribution >= 0.6 is 0 Å². The highest BCUT2D eigenvalue weighted by atomic mass is 16.6. The normalized spacial score (nSPS) is 16.6. The maximum Gasteiger partial charge on any atom is 0.292 e. The molecular formula is C14H20N4O3. The van der Waals surface area contributed by atoms with E-state index in [1.165, 1.54) is 13.0 Å². The molecular weight excluding hydrogens is 272 g/mol. The molecule has 7 heteroatoms. The van der Waals surface area contributed by atoms with Gasteiger partial charge in [0.15, 0.2) is 0 Å². The van der Waals surface area contributed by atoms with Crippen LogP contribution in [-0.2, 0) is 11.3 Å². The second-order valence-corrected chi connectivity index (χ2v) is 5.40. The zero-order chi connectivity index (χ0) is 15.4. The molecule has 1 aliphatic rings. The Morgan fingerprint density at radius 1 is 1.48 bits per heavy atom. The van der Waals surface area contributed by atoms with Crippen molar-refractivity contribution in [3.05, 3.63) is 33.9 Å². The molecule has 7 nitrogen and oxygen atoms in total. The summed E-state index contributed by atoms with van der Waals surface area (Å²) in [4.78, 5) is 23.7. The molecule has 114 valence electrons. The van der Waals surface area contributed by atoms with Gasteiger partial charge in [-0.2, -0.15) is 0 Å². The lowest BCUT2D eigenvalue weighted by Gasteiger charge is -2.32. The molecule has 1 aromatic carbocycles. The Kier molecular flexibility index (Phi) is 4.74. The Bertz CT molecular complexity index is 539. The smallest absolute Gasteiger partial charge is 0.292 e. The fourth-order valence-corrected chi connectivity index (χ4v) is 2.63. The summed E-state index contributed by atoms with van der Waals surface area (Å²) in [6.45, 7) is 3.92. The molecule has 3 N–H and O–H groups in total. The van der Waals surface area contributed by atoms with E-state index in [9.17, 15) is 14.9 Å². The number of hydrogen-bond donors (Lipinski definition) is 2. The number of nitrogens with two attached hydrogens (primary N) is 1. The molecule has 21 heavy (non-hydrogen) atoms. The van der Waals surface area contributed by atoms with Gasteiger partial charge >= 0.3 is 0 Å². The Morgan fingerprint density at radius 3 is 2.71 bits per heavy atom. The number of benzene rings is 1.